The van der Waals surface area contributed by atoms with Gasteiger partial charge in [-0.15, -0.1) is 0 Å². The molecule has 0 unspecified atom stereocenters. The molecule has 2 aromatic carbocycles. The summed E-state index contributed by atoms with van der Waals surface area (Å²) in [5.74, 6) is -1.89. The molecule has 1 amide bonds. The first-order valence-corrected chi connectivity index (χ1v) is 5.90. The van der Waals surface area contributed by atoms with Crippen molar-refractivity contribution in [1.29, 1.82) is 0 Å². The summed E-state index contributed by atoms with van der Waals surface area (Å²) in [5.41, 5.74) is 6.92. The van der Waals surface area contributed by atoms with Gasteiger partial charge in [0.25, 0.3) is 0 Å². The van der Waals surface area contributed by atoms with E-state index in [1.807, 2.05) is 0 Å². The fourth-order valence-electron chi connectivity index (χ4n) is 2.00. The number of carbonyl (C=O) groups is 1. The Labute approximate surface area is 115 Å². The van der Waals surface area contributed by atoms with Crippen molar-refractivity contribution >= 4 is 5.91 Å². The topological polar surface area (TPSA) is 52.3 Å². The molecule has 0 aromatic heterocycles. The van der Waals surface area contributed by atoms with Crippen LogP contribution < -0.4 is 5.73 Å². The van der Waals surface area contributed by atoms with Gasteiger partial charge < -0.3 is 10.5 Å². The highest BCUT2D eigenvalue weighted by atomic mass is 19.1. The maximum atomic E-state index is 13.7. The molecule has 0 aliphatic carbocycles. The van der Waals surface area contributed by atoms with E-state index in [-0.39, 0.29) is 12.2 Å². The number of rotatable bonds is 4. The second-order valence-electron chi connectivity index (χ2n) is 4.29. The van der Waals surface area contributed by atoms with Gasteiger partial charge in [-0.1, -0.05) is 6.07 Å². The van der Waals surface area contributed by atoms with E-state index >= 15 is 0 Å². The first kappa shape index (κ1) is 14.1. The SMILES string of the molecule is COCc1cc(-c2ccc(F)cc2F)ccc1C(N)=O. The summed E-state index contributed by atoms with van der Waals surface area (Å²) in [7, 11) is 1.48. The Balaban J connectivity index is 2.52. The Kier molecular flexibility index (Phi) is 4.10. The molecule has 0 saturated carbocycles. The molecule has 5 heteroatoms. The molecule has 0 saturated heterocycles. The molecule has 20 heavy (non-hydrogen) atoms. The largest absolute Gasteiger partial charge is 0.380 e. The van der Waals surface area contributed by atoms with Crippen LogP contribution in [-0.2, 0) is 11.3 Å². The Morgan fingerprint density at radius 1 is 1.20 bits per heavy atom. The molecular formula is C15H13F2NO2. The van der Waals surface area contributed by atoms with Gasteiger partial charge in [0.15, 0.2) is 0 Å². The summed E-state index contributed by atoms with van der Waals surface area (Å²) in [5, 5.41) is 0. The third kappa shape index (κ3) is 2.83. The number of halogens is 2. The van der Waals surface area contributed by atoms with Gasteiger partial charge in [0.05, 0.1) is 6.61 Å². The minimum atomic E-state index is -0.666. The fourth-order valence-corrected chi connectivity index (χ4v) is 2.00. The summed E-state index contributed by atoms with van der Waals surface area (Å²) in [6.07, 6.45) is 0. The van der Waals surface area contributed by atoms with Crippen molar-refractivity contribution < 1.29 is 18.3 Å². The van der Waals surface area contributed by atoms with Gasteiger partial charge in [-0.3, -0.25) is 4.79 Å². The molecule has 0 bridgehead atoms. The lowest BCUT2D eigenvalue weighted by molar-refractivity contribution is 0.0995. The van der Waals surface area contributed by atoms with E-state index in [9.17, 15) is 13.6 Å². The van der Waals surface area contributed by atoms with Gasteiger partial charge in [-0.2, -0.15) is 0 Å². The first-order chi connectivity index (χ1) is 9.52. The maximum absolute atomic E-state index is 13.7. The highest BCUT2D eigenvalue weighted by Gasteiger charge is 2.12. The smallest absolute Gasteiger partial charge is 0.249 e. The van der Waals surface area contributed by atoms with Crippen molar-refractivity contribution in [2.45, 2.75) is 6.61 Å². The van der Waals surface area contributed by atoms with Crippen LogP contribution in [0.5, 0.6) is 0 Å². The Morgan fingerprint density at radius 3 is 2.55 bits per heavy atom. The van der Waals surface area contributed by atoms with Crippen LogP contribution in [0.25, 0.3) is 11.1 Å². The third-order valence-corrected chi connectivity index (χ3v) is 2.91. The normalized spacial score (nSPS) is 10.6. The average molecular weight is 277 g/mol. The summed E-state index contributed by atoms with van der Waals surface area (Å²) < 4.78 is 31.7. The molecule has 0 radical (unpaired) electrons. The standard InChI is InChI=1S/C15H13F2NO2/c1-20-8-10-6-9(2-4-13(10)15(18)19)12-5-3-11(16)7-14(12)17/h2-7H,8H2,1H3,(H2,18,19). The minimum Gasteiger partial charge on any atom is -0.380 e. The number of nitrogens with two attached hydrogens (primary N) is 1. The van der Waals surface area contributed by atoms with Crippen LogP contribution in [0.2, 0.25) is 0 Å². The van der Waals surface area contributed by atoms with Crippen LogP contribution in [0.3, 0.4) is 0 Å². The molecule has 0 spiro atoms. The predicted octanol–water partition coefficient (Wildman–Crippen LogP) is 2.88. The van der Waals surface area contributed by atoms with Crippen LogP contribution in [0.15, 0.2) is 36.4 Å². The lowest BCUT2D eigenvalue weighted by Crippen LogP contribution is -2.14. The second-order valence-corrected chi connectivity index (χ2v) is 4.29. The lowest BCUT2D eigenvalue weighted by Gasteiger charge is -2.10. The van der Waals surface area contributed by atoms with Gasteiger partial charge in [0.2, 0.25) is 5.91 Å². The van der Waals surface area contributed by atoms with Gasteiger partial charge in [-0.25, -0.2) is 8.78 Å². The molecule has 0 aliphatic heterocycles. The van der Waals surface area contributed by atoms with E-state index in [0.717, 1.165) is 6.07 Å². The van der Waals surface area contributed by atoms with Crippen molar-refractivity contribution in [3.8, 4) is 11.1 Å². The van der Waals surface area contributed by atoms with E-state index < -0.39 is 17.5 Å². The number of hydrogen-bond acceptors (Lipinski definition) is 2. The molecule has 104 valence electrons. The molecule has 2 aromatic rings. The maximum Gasteiger partial charge on any atom is 0.249 e. The summed E-state index contributed by atoms with van der Waals surface area (Å²) in [6.45, 7) is 0.176. The Morgan fingerprint density at radius 2 is 1.95 bits per heavy atom. The van der Waals surface area contributed by atoms with Crippen LogP contribution >= 0.6 is 0 Å². The Hall–Kier alpha value is -2.27. The van der Waals surface area contributed by atoms with Crippen molar-refractivity contribution in [3.63, 3.8) is 0 Å². The molecule has 0 fully saturated rings. The second kappa shape index (κ2) is 5.79. The van der Waals surface area contributed by atoms with Crippen LogP contribution in [-0.4, -0.2) is 13.0 Å². The zero-order valence-corrected chi connectivity index (χ0v) is 10.8. The van der Waals surface area contributed by atoms with E-state index in [4.69, 9.17) is 10.5 Å². The fraction of sp³-hybridized carbons (Fsp3) is 0.133. The zero-order valence-electron chi connectivity index (χ0n) is 10.8. The molecule has 0 aliphatic rings. The third-order valence-electron chi connectivity index (χ3n) is 2.91. The zero-order chi connectivity index (χ0) is 14.7. The molecule has 0 heterocycles. The highest BCUT2D eigenvalue weighted by molar-refractivity contribution is 5.95. The molecule has 0 atom stereocenters. The van der Waals surface area contributed by atoms with E-state index in [1.165, 1.54) is 25.3 Å². The Bertz CT molecular complexity index is 656. The van der Waals surface area contributed by atoms with Gasteiger partial charge >= 0.3 is 0 Å². The molecule has 3 nitrogen and oxygen atoms in total. The van der Waals surface area contributed by atoms with Crippen molar-refractivity contribution in [1.82, 2.24) is 0 Å². The number of methoxy groups -OCH3 is 1. The van der Waals surface area contributed by atoms with Crippen molar-refractivity contribution in [2.75, 3.05) is 7.11 Å². The monoisotopic (exact) mass is 277 g/mol. The summed E-state index contributed by atoms with van der Waals surface area (Å²) in [4.78, 5) is 11.3. The molecule has 2 rings (SSSR count). The number of amides is 1. The number of hydrogen-bond donors (Lipinski definition) is 1. The number of ether oxygens (including phenoxy) is 1. The highest BCUT2D eigenvalue weighted by Crippen LogP contribution is 2.26. The van der Waals surface area contributed by atoms with Gasteiger partial charge in [0.1, 0.15) is 11.6 Å². The summed E-state index contributed by atoms with van der Waals surface area (Å²) in [6, 6.07) is 8.02. The number of carbonyl (C=O) groups excluding carboxylic acids is 1. The van der Waals surface area contributed by atoms with Crippen LogP contribution in [0.1, 0.15) is 15.9 Å². The van der Waals surface area contributed by atoms with Crippen molar-refractivity contribution in [2.24, 2.45) is 5.73 Å². The lowest BCUT2D eigenvalue weighted by atomic mass is 9.98. The number of benzene rings is 2. The summed E-state index contributed by atoms with van der Waals surface area (Å²) >= 11 is 0. The predicted molar refractivity (Wildman–Crippen MR) is 71.0 cm³/mol. The van der Waals surface area contributed by atoms with Crippen LogP contribution in [0.4, 0.5) is 8.78 Å². The van der Waals surface area contributed by atoms with Crippen LogP contribution in [0, 0.1) is 11.6 Å². The quantitative estimate of drug-likeness (QED) is 0.934. The van der Waals surface area contributed by atoms with Gasteiger partial charge in [0, 0.05) is 24.3 Å². The average Bonchev–Trinajstić information content (AvgIpc) is 2.38. The molecule has 2 N–H and O–H groups in total. The van der Waals surface area contributed by atoms with Gasteiger partial charge in [-0.05, 0) is 35.4 Å². The van der Waals surface area contributed by atoms with Crippen molar-refractivity contribution in [3.05, 3.63) is 59.2 Å². The van der Waals surface area contributed by atoms with E-state index in [2.05, 4.69) is 0 Å². The first-order valence-electron chi connectivity index (χ1n) is 5.90. The minimum absolute atomic E-state index is 0.176. The number of primary amides is 1. The molecular weight excluding hydrogens is 264 g/mol. The van der Waals surface area contributed by atoms with E-state index in [1.54, 1.807) is 12.1 Å². The van der Waals surface area contributed by atoms with E-state index in [0.29, 0.717) is 16.7 Å².